The molecule has 2 fully saturated rings. The lowest BCUT2D eigenvalue weighted by Crippen LogP contribution is -2.31. The molecule has 0 spiro atoms. The van der Waals surface area contributed by atoms with Gasteiger partial charge in [0, 0.05) is 0 Å². The van der Waals surface area contributed by atoms with Crippen LogP contribution in [0.4, 0.5) is 4.79 Å². The zero-order chi connectivity index (χ0) is 6.27. The minimum atomic E-state index is -0.324. The summed E-state index contributed by atoms with van der Waals surface area (Å²) in [5, 5.41) is 2.63. The fourth-order valence-corrected chi connectivity index (χ4v) is 0.888. The van der Waals surface area contributed by atoms with E-state index in [2.05, 4.69) is 10.1 Å². The summed E-state index contributed by atoms with van der Waals surface area (Å²) in [6.45, 7) is 1.22. The molecule has 0 radical (unpaired) electrons. The van der Waals surface area contributed by atoms with Crippen molar-refractivity contribution in [3.63, 3.8) is 0 Å². The zero-order valence-electron chi connectivity index (χ0n) is 4.79. The molecular formula is C5H7NO3. The Labute approximate surface area is 52.1 Å². The average molecular weight is 129 g/mol. The van der Waals surface area contributed by atoms with Crippen molar-refractivity contribution >= 4 is 6.09 Å². The first-order valence-electron chi connectivity index (χ1n) is 2.91. The summed E-state index contributed by atoms with van der Waals surface area (Å²) in [6.07, 6.45) is -0.105. The van der Waals surface area contributed by atoms with Gasteiger partial charge in [-0.15, -0.1) is 0 Å². The van der Waals surface area contributed by atoms with Crippen molar-refractivity contribution in [1.82, 2.24) is 5.32 Å². The Hall–Kier alpha value is -0.770. The fourth-order valence-electron chi connectivity index (χ4n) is 0.888. The molecule has 0 bridgehead atoms. The van der Waals surface area contributed by atoms with Crippen LogP contribution in [0.3, 0.4) is 0 Å². The van der Waals surface area contributed by atoms with Gasteiger partial charge in [-0.25, -0.2) is 4.79 Å². The Bertz CT molecular complexity index is 143. The topological polar surface area (TPSA) is 50.9 Å². The third-order valence-corrected chi connectivity index (χ3v) is 1.51. The van der Waals surface area contributed by atoms with Gasteiger partial charge in [0.1, 0.15) is 12.7 Å². The van der Waals surface area contributed by atoms with Crippen LogP contribution in [0.2, 0.25) is 0 Å². The Morgan fingerprint density at radius 1 is 1.56 bits per heavy atom. The van der Waals surface area contributed by atoms with E-state index in [4.69, 9.17) is 4.74 Å². The first kappa shape index (κ1) is 5.05. The highest BCUT2D eigenvalue weighted by atomic mass is 16.6. The lowest BCUT2D eigenvalue weighted by atomic mass is 10.2. The van der Waals surface area contributed by atoms with Gasteiger partial charge in [0.2, 0.25) is 0 Å². The lowest BCUT2D eigenvalue weighted by Gasteiger charge is -1.98. The second-order valence-electron chi connectivity index (χ2n) is 2.22. The minimum absolute atomic E-state index is 0.109. The number of epoxide rings is 1. The Morgan fingerprint density at radius 3 is 2.78 bits per heavy atom. The Morgan fingerprint density at radius 2 is 2.33 bits per heavy atom. The second-order valence-corrected chi connectivity index (χ2v) is 2.22. The van der Waals surface area contributed by atoms with Gasteiger partial charge in [-0.1, -0.05) is 0 Å². The van der Waals surface area contributed by atoms with Gasteiger partial charge in [0.05, 0.1) is 12.6 Å². The molecule has 0 unspecified atom stereocenters. The Kier molecular flexibility index (Phi) is 0.900. The smallest absolute Gasteiger partial charge is 0.407 e. The van der Waals surface area contributed by atoms with Crippen molar-refractivity contribution in [3.8, 4) is 0 Å². The van der Waals surface area contributed by atoms with Gasteiger partial charge < -0.3 is 14.8 Å². The minimum Gasteiger partial charge on any atom is -0.447 e. The monoisotopic (exact) mass is 129 g/mol. The summed E-state index contributed by atoms with van der Waals surface area (Å²) in [5.41, 5.74) is 0. The number of nitrogens with one attached hydrogen (secondary N) is 1. The molecule has 9 heavy (non-hydrogen) atoms. The molecule has 4 nitrogen and oxygen atoms in total. The number of carbonyl (C=O) groups is 1. The molecule has 1 N–H and O–H groups in total. The van der Waals surface area contributed by atoms with E-state index in [0.29, 0.717) is 6.61 Å². The van der Waals surface area contributed by atoms with E-state index in [1.165, 1.54) is 0 Å². The van der Waals surface area contributed by atoms with E-state index in [-0.39, 0.29) is 18.2 Å². The molecule has 2 rings (SSSR count). The van der Waals surface area contributed by atoms with Crippen LogP contribution in [-0.2, 0) is 9.47 Å². The first-order valence-corrected chi connectivity index (χ1v) is 2.91. The summed E-state index contributed by atoms with van der Waals surface area (Å²) >= 11 is 0. The molecule has 2 aliphatic rings. The van der Waals surface area contributed by atoms with E-state index in [1.54, 1.807) is 0 Å². The van der Waals surface area contributed by atoms with Crippen LogP contribution >= 0.6 is 0 Å². The third-order valence-electron chi connectivity index (χ3n) is 1.51. The van der Waals surface area contributed by atoms with Crippen LogP contribution in [0.15, 0.2) is 0 Å². The molecule has 2 aliphatic heterocycles. The number of hydrogen-bond acceptors (Lipinski definition) is 3. The predicted octanol–water partition coefficient (Wildman–Crippen LogP) is -0.506. The van der Waals surface area contributed by atoms with E-state index in [0.717, 1.165) is 6.61 Å². The largest absolute Gasteiger partial charge is 0.447 e. The van der Waals surface area contributed by atoms with Crippen LogP contribution in [0.25, 0.3) is 0 Å². The molecule has 4 heteroatoms. The zero-order valence-corrected chi connectivity index (χ0v) is 4.79. The SMILES string of the molecule is O=C1N[C@H]([C@H]2CO2)CO1. The highest BCUT2D eigenvalue weighted by molar-refractivity contribution is 5.69. The first-order chi connectivity index (χ1) is 4.36. The van der Waals surface area contributed by atoms with Crippen LogP contribution in [0.1, 0.15) is 0 Å². The number of rotatable bonds is 1. The maximum absolute atomic E-state index is 10.4. The molecule has 1 amide bonds. The van der Waals surface area contributed by atoms with Crippen LogP contribution in [-0.4, -0.2) is 31.5 Å². The summed E-state index contributed by atoms with van der Waals surface area (Å²) in [5.74, 6) is 0. The maximum Gasteiger partial charge on any atom is 0.407 e. The molecule has 0 aromatic heterocycles. The van der Waals surface area contributed by atoms with Gasteiger partial charge >= 0.3 is 6.09 Å². The van der Waals surface area contributed by atoms with Gasteiger partial charge in [-0.3, -0.25) is 0 Å². The average Bonchev–Trinajstić information content (AvgIpc) is 2.58. The molecule has 2 atom stereocenters. The maximum atomic E-state index is 10.4. The Balaban J connectivity index is 1.92. The standard InChI is InChI=1S/C5H7NO3/c7-5-6-3(1-9-5)4-2-8-4/h3-4H,1-2H2,(H,6,7)/t3-,4+/m0/s1. The van der Waals surface area contributed by atoms with Crippen molar-refractivity contribution in [2.45, 2.75) is 12.1 Å². The molecule has 0 saturated carbocycles. The number of cyclic esters (lactones) is 1. The van der Waals surface area contributed by atoms with Crippen molar-refractivity contribution in [2.24, 2.45) is 0 Å². The highest BCUT2D eigenvalue weighted by Gasteiger charge is 2.38. The molecular weight excluding hydrogens is 122 g/mol. The number of ether oxygens (including phenoxy) is 2. The predicted molar refractivity (Wildman–Crippen MR) is 28.0 cm³/mol. The normalized spacial score (nSPS) is 39.8. The lowest BCUT2D eigenvalue weighted by molar-refractivity contribution is 0.176. The van der Waals surface area contributed by atoms with Crippen molar-refractivity contribution in [1.29, 1.82) is 0 Å². The molecule has 0 aliphatic carbocycles. The van der Waals surface area contributed by atoms with Gasteiger partial charge in [0.25, 0.3) is 0 Å². The molecule has 50 valence electrons. The quantitative estimate of drug-likeness (QED) is 0.485. The van der Waals surface area contributed by atoms with Crippen molar-refractivity contribution in [2.75, 3.05) is 13.2 Å². The van der Waals surface area contributed by atoms with Gasteiger partial charge in [-0.05, 0) is 0 Å². The second kappa shape index (κ2) is 1.60. The summed E-state index contributed by atoms with van der Waals surface area (Å²) < 4.78 is 9.58. The summed E-state index contributed by atoms with van der Waals surface area (Å²) in [6, 6.07) is 0.109. The number of carbonyl (C=O) groups excluding carboxylic acids is 1. The molecule has 0 aromatic rings. The van der Waals surface area contributed by atoms with Gasteiger partial charge in [0.15, 0.2) is 0 Å². The van der Waals surface area contributed by atoms with E-state index in [9.17, 15) is 4.79 Å². The van der Waals surface area contributed by atoms with Crippen LogP contribution in [0, 0.1) is 0 Å². The summed E-state index contributed by atoms with van der Waals surface area (Å²) in [7, 11) is 0. The van der Waals surface area contributed by atoms with E-state index >= 15 is 0 Å². The van der Waals surface area contributed by atoms with E-state index < -0.39 is 0 Å². The van der Waals surface area contributed by atoms with Crippen molar-refractivity contribution in [3.05, 3.63) is 0 Å². The fraction of sp³-hybridized carbons (Fsp3) is 0.800. The number of alkyl carbamates (subject to hydrolysis) is 1. The molecule has 0 aromatic carbocycles. The van der Waals surface area contributed by atoms with Gasteiger partial charge in [-0.2, -0.15) is 0 Å². The molecule has 2 heterocycles. The van der Waals surface area contributed by atoms with Crippen LogP contribution in [0.5, 0.6) is 0 Å². The van der Waals surface area contributed by atoms with Crippen molar-refractivity contribution < 1.29 is 14.3 Å². The number of hydrogen-bond donors (Lipinski definition) is 1. The van der Waals surface area contributed by atoms with Crippen LogP contribution < -0.4 is 5.32 Å². The number of amides is 1. The highest BCUT2D eigenvalue weighted by Crippen LogP contribution is 2.16. The molecule has 2 saturated heterocycles. The summed E-state index contributed by atoms with van der Waals surface area (Å²) in [4.78, 5) is 10.4. The third kappa shape index (κ3) is 0.853. The van der Waals surface area contributed by atoms with E-state index in [1.807, 2.05) is 0 Å².